The van der Waals surface area contributed by atoms with Crippen molar-refractivity contribution in [1.82, 2.24) is 10.2 Å². The number of H-pyrrole nitrogens is 1. The Bertz CT molecular complexity index is 1070. The van der Waals surface area contributed by atoms with Gasteiger partial charge in [0, 0.05) is 5.39 Å². The minimum absolute atomic E-state index is 0.0218. The summed E-state index contributed by atoms with van der Waals surface area (Å²) in [5.41, 5.74) is 9.56. The van der Waals surface area contributed by atoms with E-state index in [0.29, 0.717) is 28.7 Å². The van der Waals surface area contributed by atoms with Crippen LogP contribution in [-0.4, -0.2) is 21.9 Å². The van der Waals surface area contributed by atoms with Crippen LogP contribution < -0.4 is 5.73 Å². The zero-order chi connectivity index (χ0) is 23.9. The molecular weight excluding hydrogens is 418 g/mol. The highest BCUT2D eigenvalue weighted by molar-refractivity contribution is 5.89. The van der Waals surface area contributed by atoms with Crippen LogP contribution >= 0.6 is 0 Å². The largest absolute Gasteiger partial charge is 0.382 e. The summed E-state index contributed by atoms with van der Waals surface area (Å²) in [7, 11) is 0. The summed E-state index contributed by atoms with van der Waals surface area (Å²) in [6, 6.07) is 6.88. The molecule has 8 atom stereocenters. The number of anilines is 1. The van der Waals surface area contributed by atoms with Gasteiger partial charge in [-0.15, -0.1) is 0 Å². The van der Waals surface area contributed by atoms with E-state index >= 15 is 0 Å². The molecule has 186 valence electrons. The second-order valence-electron chi connectivity index (χ2n) is 13.9. The van der Waals surface area contributed by atoms with Crippen LogP contribution in [0.5, 0.6) is 0 Å². The van der Waals surface area contributed by atoms with E-state index in [0.717, 1.165) is 34.6 Å². The Morgan fingerprint density at radius 2 is 1.74 bits per heavy atom. The third-order valence-electron chi connectivity index (χ3n) is 11.2. The molecule has 4 aliphatic carbocycles. The molecule has 1 heterocycles. The molecule has 3 N–H and O–H groups in total. The number of benzene rings is 1. The maximum absolute atomic E-state index is 6.47. The van der Waals surface area contributed by atoms with Gasteiger partial charge in [0.25, 0.3) is 0 Å². The number of aromatic amines is 1. The van der Waals surface area contributed by atoms with E-state index in [4.69, 9.17) is 10.5 Å². The molecule has 0 bridgehead atoms. The molecule has 0 unspecified atom stereocenters. The number of nitrogens with one attached hydrogen (secondary N) is 1. The summed E-state index contributed by atoms with van der Waals surface area (Å²) < 4.78 is 6.47. The molecule has 0 radical (unpaired) electrons. The first kappa shape index (κ1) is 22.9. The Kier molecular flexibility index (Phi) is 5.20. The molecule has 4 nitrogen and oxygen atoms in total. The number of aromatic nitrogens is 2. The summed E-state index contributed by atoms with van der Waals surface area (Å²) in [6.45, 7) is 12.0. The predicted molar refractivity (Wildman–Crippen MR) is 140 cm³/mol. The van der Waals surface area contributed by atoms with Gasteiger partial charge in [0.1, 0.15) is 0 Å². The second kappa shape index (κ2) is 7.72. The van der Waals surface area contributed by atoms with Gasteiger partial charge in [-0.1, -0.05) is 19.9 Å². The molecular formula is C30H45N3O. The van der Waals surface area contributed by atoms with Gasteiger partial charge in [0.2, 0.25) is 0 Å². The number of nitrogens with two attached hydrogens (primary N) is 1. The van der Waals surface area contributed by atoms with Gasteiger partial charge in [-0.05, 0) is 137 Å². The van der Waals surface area contributed by atoms with Crippen molar-refractivity contribution in [2.24, 2.45) is 34.5 Å². The molecule has 0 saturated heterocycles. The molecule has 34 heavy (non-hydrogen) atoms. The van der Waals surface area contributed by atoms with E-state index < -0.39 is 0 Å². The quantitative estimate of drug-likeness (QED) is 0.486. The molecule has 0 amide bonds. The number of fused-ring (bicyclic) bond motifs is 6. The van der Waals surface area contributed by atoms with Crippen LogP contribution in [0.3, 0.4) is 0 Å². The van der Waals surface area contributed by atoms with Crippen LogP contribution in [0.4, 0.5) is 5.82 Å². The third kappa shape index (κ3) is 3.45. The van der Waals surface area contributed by atoms with Crippen molar-refractivity contribution >= 4 is 16.7 Å². The van der Waals surface area contributed by atoms with Crippen LogP contribution in [0.15, 0.2) is 18.2 Å². The third-order valence-corrected chi connectivity index (χ3v) is 11.2. The minimum Gasteiger partial charge on any atom is -0.382 e. The molecule has 4 saturated carbocycles. The van der Waals surface area contributed by atoms with Crippen molar-refractivity contribution in [3.05, 3.63) is 23.8 Å². The van der Waals surface area contributed by atoms with Crippen molar-refractivity contribution < 1.29 is 4.74 Å². The highest BCUT2D eigenvalue weighted by Gasteiger charge is 2.60. The fourth-order valence-electron chi connectivity index (χ4n) is 9.65. The Balaban J connectivity index is 1.23. The lowest BCUT2D eigenvalue weighted by molar-refractivity contribution is -0.152. The van der Waals surface area contributed by atoms with Crippen LogP contribution in [0, 0.1) is 34.5 Å². The average molecular weight is 464 g/mol. The normalized spacial score (nSPS) is 42.3. The fourth-order valence-corrected chi connectivity index (χ4v) is 9.65. The lowest BCUT2D eigenvalue weighted by Gasteiger charge is -2.61. The van der Waals surface area contributed by atoms with E-state index in [1.807, 2.05) is 0 Å². The topological polar surface area (TPSA) is 63.9 Å². The van der Waals surface area contributed by atoms with E-state index in [2.05, 4.69) is 63.0 Å². The van der Waals surface area contributed by atoms with E-state index in [-0.39, 0.29) is 5.60 Å². The monoisotopic (exact) mass is 463 g/mol. The number of ether oxygens (including phenoxy) is 1. The number of rotatable bonds is 2. The average Bonchev–Trinajstić information content (AvgIpc) is 3.32. The first-order valence-electron chi connectivity index (χ1n) is 14.0. The molecule has 1 aromatic carbocycles. The van der Waals surface area contributed by atoms with E-state index in [1.165, 1.54) is 63.4 Å². The molecule has 0 aliphatic heterocycles. The Labute approximate surface area is 205 Å². The van der Waals surface area contributed by atoms with Crippen LogP contribution in [-0.2, 0) is 4.74 Å². The SMILES string of the molecule is CC(C)(C)O[C@H]1CC[C@@]2(C)[C@@H](CC[C@@H]3[C@@H]2CC[C@]2(C)[C@@H](c4ccc5c(N)n[nH]c5c4)CC[C@@H]32)C1. The zero-order valence-corrected chi connectivity index (χ0v) is 22.0. The zero-order valence-electron chi connectivity index (χ0n) is 22.0. The predicted octanol–water partition coefficient (Wildman–Crippen LogP) is 7.46. The highest BCUT2D eigenvalue weighted by atomic mass is 16.5. The highest BCUT2D eigenvalue weighted by Crippen LogP contribution is 2.69. The lowest BCUT2D eigenvalue weighted by atomic mass is 9.44. The summed E-state index contributed by atoms with van der Waals surface area (Å²) in [5.74, 6) is 4.83. The Morgan fingerprint density at radius 1 is 0.971 bits per heavy atom. The molecule has 2 aromatic rings. The number of hydrogen-bond acceptors (Lipinski definition) is 3. The molecule has 4 heteroatoms. The Hall–Kier alpha value is -1.55. The number of nitrogen functional groups attached to an aromatic ring is 1. The minimum atomic E-state index is -0.0218. The van der Waals surface area contributed by atoms with Crippen molar-refractivity contribution in [3.63, 3.8) is 0 Å². The van der Waals surface area contributed by atoms with Crippen LogP contribution in [0.2, 0.25) is 0 Å². The van der Waals surface area contributed by atoms with Gasteiger partial charge < -0.3 is 10.5 Å². The Morgan fingerprint density at radius 3 is 2.53 bits per heavy atom. The van der Waals surface area contributed by atoms with Crippen molar-refractivity contribution in [2.45, 2.75) is 110 Å². The summed E-state index contributed by atoms with van der Waals surface area (Å²) in [6.07, 6.45) is 12.8. The smallest absolute Gasteiger partial charge is 0.153 e. The first-order valence-corrected chi connectivity index (χ1v) is 14.0. The molecule has 4 aliphatic rings. The van der Waals surface area contributed by atoms with Crippen molar-refractivity contribution in [1.29, 1.82) is 0 Å². The van der Waals surface area contributed by atoms with Crippen molar-refractivity contribution in [2.75, 3.05) is 5.73 Å². The van der Waals surface area contributed by atoms with Gasteiger partial charge >= 0.3 is 0 Å². The second-order valence-corrected chi connectivity index (χ2v) is 13.9. The number of nitrogens with zero attached hydrogens (tertiary/aromatic N) is 1. The molecule has 0 spiro atoms. The summed E-state index contributed by atoms with van der Waals surface area (Å²) in [4.78, 5) is 0. The molecule has 6 rings (SSSR count). The molecule has 4 fully saturated rings. The summed E-state index contributed by atoms with van der Waals surface area (Å²) >= 11 is 0. The van der Waals surface area contributed by atoms with E-state index in [1.54, 1.807) is 0 Å². The fraction of sp³-hybridized carbons (Fsp3) is 0.767. The van der Waals surface area contributed by atoms with E-state index in [9.17, 15) is 0 Å². The standard InChI is InChI=1S/C30H45N3O/c1-28(2,3)34-20-12-14-29(4)19(17-20)7-9-21-24-11-10-23(30(24,5)15-13-25(21)29)18-6-8-22-26(16-18)32-33-27(22)31/h6,8,16,19-21,23-25H,7,9-15,17H2,1-5H3,(H3,31,32,33)/t19-,20-,21-,23+,24-,25-,29-,30+/m0/s1. The van der Waals surface area contributed by atoms with Gasteiger partial charge in [-0.3, -0.25) is 5.10 Å². The van der Waals surface area contributed by atoms with Gasteiger partial charge in [-0.2, -0.15) is 5.10 Å². The van der Waals surface area contributed by atoms with Crippen molar-refractivity contribution in [3.8, 4) is 0 Å². The number of hydrogen-bond donors (Lipinski definition) is 2. The lowest BCUT2D eigenvalue weighted by Crippen LogP contribution is -2.54. The molecule has 1 aromatic heterocycles. The first-order chi connectivity index (χ1) is 16.1. The van der Waals surface area contributed by atoms with Crippen LogP contribution in [0.25, 0.3) is 10.9 Å². The van der Waals surface area contributed by atoms with Crippen LogP contribution in [0.1, 0.15) is 104 Å². The van der Waals surface area contributed by atoms with Gasteiger partial charge in [0.05, 0.1) is 17.2 Å². The van der Waals surface area contributed by atoms with Gasteiger partial charge in [0.15, 0.2) is 5.82 Å². The van der Waals surface area contributed by atoms with Gasteiger partial charge in [-0.25, -0.2) is 0 Å². The summed E-state index contributed by atoms with van der Waals surface area (Å²) in [5, 5.41) is 8.44. The maximum Gasteiger partial charge on any atom is 0.153 e. The maximum atomic E-state index is 6.47.